The van der Waals surface area contributed by atoms with E-state index in [9.17, 15) is 9.50 Å². The van der Waals surface area contributed by atoms with Gasteiger partial charge in [0.2, 0.25) is 0 Å². The van der Waals surface area contributed by atoms with Gasteiger partial charge < -0.3 is 9.67 Å². The average molecular weight is 347 g/mol. The fourth-order valence-corrected chi connectivity index (χ4v) is 3.34. The van der Waals surface area contributed by atoms with Crippen molar-refractivity contribution in [1.82, 2.24) is 24.6 Å². The molecule has 1 fully saturated rings. The Balaban J connectivity index is 1.53. The highest BCUT2D eigenvalue weighted by molar-refractivity contribution is 5.19. The van der Waals surface area contributed by atoms with Gasteiger partial charge in [-0.15, -0.1) is 10.2 Å². The van der Waals surface area contributed by atoms with E-state index in [1.807, 2.05) is 18.5 Å². The number of hydrogen-bond acceptors (Lipinski definition) is 5. The highest BCUT2D eigenvalue weighted by Crippen LogP contribution is 2.21. The van der Waals surface area contributed by atoms with Crippen molar-refractivity contribution in [3.8, 4) is 0 Å². The van der Waals surface area contributed by atoms with Crippen LogP contribution in [-0.4, -0.2) is 62.4 Å². The summed E-state index contributed by atoms with van der Waals surface area (Å²) in [4.78, 5) is 4.52. The predicted octanol–water partition coefficient (Wildman–Crippen LogP) is 1.50. The molecule has 2 aromatic rings. The first-order chi connectivity index (χ1) is 11.9. The highest BCUT2D eigenvalue weighted by atomic mass is 19.1. The molecule has 0 unspecified atom stereocenters. The largest absolute Gasteiger partial charge is 0.387 e. The smallest absolute Gasteiger partial charge is 0.146 e. The lowest BCUT2D eigenvalue weighted by atomic mass is 10.1. The molecule has 2 atom stereocenters. The van der Waals surface area contributed by atoms with Crippen LogP contribution in [0.3, 0.4) is 0 Å². The molecular weight excluding hydrogens is 321 g/mol. The van der Waals surface area contributed by atoms with Crippen LogP contribution in [-0.2, 0) is 13.6 Å². The minimum Gasteiger partial charge on any atom is -0.387 e. The molecule has 0 amide bonds. The summed E-state index contributed by atoms with van der Waals surface area (Å²) in [6.45, 7) is 5.04. The van der Waals surface area contributed by atoms with Crippen molar-refractivity contribution in [2.45, 2.75) is 32.0 Å². The number of halogens is 1. The van der Waals surface area contributed by atoms with Crippen molar-refractivity contribution in [3.05, 3.63) is 47.3 Å². The zero-order chi connectivity index (χ0) is 18.0. The third-order valence-electron chi connectivity index (χ3n) is 5.11. The number of benzene rings is 1. The van der Waals surface area contributed by atoms with Crippen LogP contribution in [0.5, 0.6) is 0 Å². The maximum absolute atomic E-state index is 13.3. The second kappa shape index (κ2) is 7.59. The summed E-state index contributed by atoms with van der Waals surface area (Å²) in [7, 11) is 4.08. The Bertz CT molecular complexity index is 719. The minimum atomic E-state index is -0.666. The van der Waals surface area contributed by atoms with Gasteiger partial charge in [0.1, 0.15) is 17.5 Å². The van der Waals surface area contributed by atoms with Crippen LogP contribution in [0.1, 0.15) is 29.7 Å². The molecule has 136 valence electrons. The fourth-order valence-electron chi connectivity index (χ4n) is 3.34. The summed E-state index contributed by atoms with van der Waals surface area (Å²) in [6, 6.07) is 6.62. The molecule has 6 nitrogen and oxygen atoms in total. The summed E-state index contributed by atoms with van der Waals surface area (Å²) < 4.78 is 15.3. The summed E-state index contributed by atoms with van der Waals surface area (Å²) >= 11 is 0. The van der Waals surface area contributed by atoms with Gasteiger partial charge in [-0.05, 0) is 44.6 Å². The van der Waals surface area contributed by atoms with Gasteiger partial charge in [0.05, 0.1) is 12.6 Å². The Hall–Kier alpha value is -1.83. The summed E-state index contributed by atoms with van der Waals surface area (Å²) in [5.74, 6) is 1.56. The number of aromatic nitrogens is 3. The number of nitrogens with zero attached hydrogens (tertiary/aromatic N) is 5. The topological polar surface area (TPSA) is 57.4 Å². The Labute approximate surface area is 147 Å². The van der Waals surface area contributed by atoms with Crippen LogP contribution in [0.2, 0.25) is 0 Å². The third kappa shape index (κ3) is 4.23. The lowest BCUT2D eigenvalue weighted by Crippen LogP contribution is -2.35. The number of aryl methyl sites for hydroxylation is 1. The SMILES string of the molecule is Cc1nnc(CN(C)[C@@H]2CCN(C[C@H](O)c3cccc(F)c3)C2)n1C. The molecule has 0 aliphatic carbocycles. The molecular formula is C18H26FN5O. The van der Waals surface area contributed by atoms with E-state index in [1.165, 1.54) is 12.1 Å². The van der Waals surface area contributed by atoms with Gasteiger partial charge in [0, 0.05) is 26.2 Å². The second-order valence-electron chi connectivity index (χ2n) is 6.91. The van der Waals surface area contributed by atoms with Gasteiger partial charge in [0.25, 0.3) is 0 Å². The van der Waals surface area contributed by atoms with Crippen LogP contribution < -0.4 is 0 Å². The van der Waals surface area contributed by atoms with Crippen molar-refractivity contribution in [2.24, 2.45) is 7.05 Å². The van der Waals surface area contributed by atoms with E-state index in [-0.39, 0.29) is 5.82 Å². The van der Waals surface area contributed by atoms with Crippen LogP contribution in [0.25, 0.3) is 0 Å². The second-order valence-corrected chi connectivity index (χ2v) is 6.91. The lowest BCUT2D eigenvalue weighted by Gasteiger charge is -2.25. The Kier molecular flexibility index (Phi) is 5.46. The lowest BCUT2D eigenvalue weighted by molar-refractivity contribution is 0.119. The molecule has 1 aromatic heterocycles. The minimum absolute atomic E-state index is 0.311. The van der Waals surface area contributed by atoms with E-state index in [2.05, 4.69) is 27.0 Å². The number of likely N-dealkylation sites (tertiary alicyclic amines) is 1. The Morgan fingerprint density at radius 3 is 2.88 bits per heavy atom. The van der Waals surface area contributed by atoms with Gasteiger partial charge in [-0.2, -0.15) is 0 Å². The summed E-state index contributed by atoms with van der Waals surface area (Å²) in [6.07, 6.45) is 0.379. The molecule has 3 rings (SSSR count). The van der Waals surface area contributed by atoms with Gasteiger partial charge in [-0.3, -0.25) is 9.80 Å². The number of aliphatic hydroxyl groups excluding tert-OH is 1. The quantitative estimate of drug-likeness (QED) is 0.858. The maximum Gasteiger partial charge on any atom is 0.146 e. The van der Waals surface area contributed by atoms with Crippen LogP contribution in [0.4, 0.5) is 4.39 Å². The third-order valence-corrected chi connectivity index (χ3v) is 5.11. The standard InChI is InChI=1S/C18H26FN5O/c1-13-20-21-18(23(13)3)12-22(2)16-7-8-24(10-16)11-17(25)14-5-4-6-15(19)9-14/h4-6,9,16-17,25H,7-8,10-12H2,1-3H3/t16-,17+/m1/s1. The first kappa shape index (κ1) is 18.0. The van der Waals surface area contributed by atoms with E-state index in [1.54, 1.807) is 12.1 Å². The normalized spacial score (nSPS) is 19.7. The van der Waals surface area contributed by atoms with E-state index in [0.717, 1.165) is 37.7 Å². The van der Waals surface area contributed by atoms with E-state index in [0.29, 0.717) is 18.2 Å². The van der Waals surface area contributed by atoms with Gasteiger partial charge in [-0.25, -0.2) is 4.39 Å². The molecule has 1 aromatic carbocycles. The molecule has 1 aliphatic rings. The van der Waals surface area contributed by atoms with Crippen molar-refractivity contribution in [1.29, 1.82) is 0 Å². The van der Waals surface area contributed by atoms with Crippen molar-refractivity contribution < 1.29 is 9.50 Å². The number of β-amino-alcohol motifs (C(OH)–C–C–N with tert-alkyl or cyclic N) is 1. The van der Waals surface area contributed by atoms with Crippen molar-refractivity contribution in [2.75, 3.05) is 26.7 Å². The molecule has 0 spiro atoms. The number of aliphatic hydroxyl groups is 1. The highest BCUT2D eigenvalue weighted by Gasteiger charge is 2.28. The van der Waals surface area contributed by atoms with Crippen LogP contribution in [0.15, 0.2) is 24.3 Å². The van der Waals surface area contributed by atoms with Crippen LogP contribution in [0, 0.1) is 12.7 Å². The zero-order valence-electron chi connectivity index (χ0n) is 15.1. The summed E-state index contributed by atoms with van der Waals surface area (Å²) in [5.41, 5.74) is 0.631. The van der Waals surface area contributed by atoms with E-state index in [4.69, 9.17) is 0 Å². The monoisotopic (exact) mass is 347 g/mol. The molecule has 1 saturated heterocycles. The Morgan fingerprint density at radius 1 is 1.40 bits per heavy atom. The zero-order valence-corrected chi connectivity index (χ0v) is 15.1. The first-order valence-corrected chi connectivity index (χ1v) is 8.65. The fraction of sp³-hybridized carbons (Fsp3) is 0.556. The van der Waals surface area contributed by atoms with Gasteiger partial charge in [0.15, 0.2) is 0 Å². The molecule has 2 heterocycles. The van der Waals surface area contributed by atoms with Crippen molar-refractivity contribution >= 4 is 0 Å². The predicted molar refractivity (Wildman–Crippen MR) is 93.4 cm³/mol. The number of hydrogen-bond donors (Lipinski definition) is 1. The van der Waals surface area contributed by atoms with Crippen molar-refractivity contribution in [3.63, 3.8) is 0 Å². The average Bonchev–Trinajstić information content (AvgIpc) is 3.17. The first-order valence-electron chi connectivity index (χ1n) is 8.65. The van der Waals surface area contributed by atoms with Crippen LogP contribution >= 0.6 is 0 Å². The summed E-state index contributed by atoms with van der Waals surface area (Å²) in [5, 5.41) is 18.7. The van der Waals surface area contributed by atoms with Gasteiger partial charge >= 0.3 is 0 Å². The van der Waals surface area contributed by atoms with E-state index < -0.39 is 6.10 Å². The molecule has 0 radical (unpaired) electrons. The molecule has 7 heteroatoms. The molecule has 25 heavy (non-hydrogen) atoms. The number of rotatable bonds is 6. The molecule has 0 saturated carbocycles. The number of likely N-dealkylation sites (N-methyl/N-ethyl adjacent to an activating group) is 1. The van der Waals surface area contributed by atoms with E-state index >= 15 is 0 Å². The van der Waals surface area contributed by atoms with Gasteiger partial charge in [-0.1, -0.05) is 12.1 Å². The molecule has 1 N–H and O–H groups in total. The molecule has 1 aliphatic heterocycles. The maximum atomic E-state index is 13.3. The molecule has 0 bridgehead atoms. The Morgan fingerprint density at radius 2 is 2.20 bits per heavy atom.